The molecular formula is C46H35NO. The number of aromatic nitrogens is 1. The number of furan rings is 1. The van der Waals surface area contributed by atoms with Crippen LogP contribution in [0, 0.1) is 6.92 Å². The third kappa shape index (κ3) is 4.48. The van der Waals surface area contributed by atoms with Gasteiger partial charge < -0.3 is 8.98 Å². The van der Waals surface area contributed by atoms with Crippen molar-refractivity contribution in [2.75, 3.05) is 0 Å². The molecule has 0 bridgehead atoms. The van der Waals surface area contributed by atoms with Crippen LogP contribution in [0.3, 0.4) is 0 Å². The summed E-state index contributed by atoms with van der Waals surface area (Å²) in [7, 11) is 0. The largest absolute Gasteiger partial charge is 0.454 e. The molecule has 0 saturated carbocycles. The SMILES string of the molecule is CCCc1c(-c2cccc(-c3ccccc3)c2)cccc1-c1cc2oc3c(-n4c5ccccc5c5ccccc54)cccc3c2cc1C. The van der Waals surface area contributed by atoms with Gasteiger partial charge in [-0.05, 0) is 94.3 Å². The van der Waals surface area contributed by atoms with Gasteiger partial charge in [-0.3, -0.25) is 0 Å². The summed E-state index contributed by atoms with van der Waals surface area (Å²) in [5.41, 5.74) is 15.4. The van der Waals surface area contributed by atoms with Gasteiger partial charge in [0.25, 0.3) is 0 Å². The molecule has 0 aliphatic heterocycles. The van der Waals surface area contributed by atoms with Crippen LogP contribution in [-0.2, 0) is 6.42 Å². The number of hydrogen-bond acceptors (Lipinski definition) is 1. The lowest BCUT2D eigenvalue weighted by molar-refractivity contribution is 0.666. The molecule has 7 aromatic carbocycles. The minimum atomic E-state index is 0.913. The van der Waals surface area contributed by atoms with E-state index >= 15 is 0 Å². The van der Waals surface area contributed by atoms with Crippen molar-refractivity contribution in [3.63, 3.8) is 0 Å². The fourth-order valence-electron chi connectivity index (χ4n) is 7.71. The lowest BCUT2D eigenvalue weighted by Crippen LogP contribution is -1.96. The second-order valence-electron chi connectivity index (χ2n) is 12.8. The summed E-state index contributed by atoms with van der Waals surface area (Å²) in [5.74, 6) is 0. The Morgan fingerprint density at radius 1 is 0.500 bits per heavy atom. The fourth-order valence-corrected chi connectivity index (χ4v) is 7.71. The van der Waals surface area contributed by atoms with Crippen molar-refractivity contribution in [2.45, 2.75) is 26.7 Å². The Morgan fingerprint density at radius 2 is 1.12 bits per heavy atom. The Bertz CT molecular complexity index is 2580. The zero-order valence-electron chi connectivity index (χ0n) is 27.2. The maximum Gasteiger partial charge on any atom is 0.159 e. The van der Waals surface area contributed by atoms with Gasteiger partial charge in [-0.25, -0.2) is 0 Å². The average molecular weight is 618 g/mol. The third-order valence-electron chi connectivity index (χ3n) is 9.89. The van der Waals surface area contributed by atoms with Gasteiger partial charge >= 0.3 is 0 Å². The highest BCUT2D eigenvalue weighted by Crippen LogP contribution is 2.42. The second-order valence-corrected chi connectivity index (χ2v) is 12.8. The summed E-state index contributed by atoms with van der Waals surface area (Å²) in [5, 5.41) is 4.78. The summed E-state index contributed by atoms with van der Waals surface area (Å²) in [6.07, 6.45) is 2.06. The smallest absolute Gasteiger partial charge is 0.159 e. The van der Waals surface area contributed by atoms with E-state index in [1.54, 1.807) is 0 Å². The Hall–Kier alpha value is -5.86. The molecule has 2 heterocycles. The van der Waals surface area contributed by atoms with Crippen LogP contribution >= 0.6 is 0 Å². The molecule has 0 aliphatic rings. The molecule has 0 saturated heterocycles. The summed E-state index contributed by atoms with van der Waals surface area (Å²) >= 11 is 0. The molecular weight excluding hydrogens is 583 g/mol. The number of para-hydroxylation sites is 3. The first-order valence-corrected chi connectivity index (χ1v) is 16.9. The molecule has 9 aromatic rings. The van der Waals surface area contributed by atoms with E-state index in [1.165, 1.54) is 66.3 Å². The van der Waals surface area contributed by atoms with E-state index in [2.05, 4.69) is 170 Å². The first kappa shape index (κ1) is 28.4. The van der Waals surface area contributed by atoms with Crippen molar-refractivity contribution < 1.29 is 4.42 Å². The van der Waals surface area contributed by atoms with Gasteiger partial charge in [0.05, 0.1) is 16.7 Å². The van der Waals surface area contributed by atoms with Gasteiger partial charge in [-0.2, -0.15) is 0 Å². The van der Waals surface area contributed by atoms with Crippen LogP contribution in [0.1, 0.15) is 24.5 Å². The molecule has 0 aliphatic carbocycles. The normalized spacial score (nSPS) is 11.7. The van der Waals surface area contributed by atoms with Crippen molar-refractivity contribution in [3.8, 4) is 39.1 Å². The van der Waals surface area contributed by atoms with Crippen molar-refractivity contribution in [2.24, 2.45) is 0 Å². The quantitative estimate of drug-likeness (QED) is 0.182. The maximum atomic E-state index is 6.88. The van der Waals surface area contributed by atoms with Gasteiger partial charge in [-0.15, -0.1) is 0 Å². The highest BCUT2D eigenvalue weighted by Gasteiger charge is 2.20. The lowest BCUT2D eigenvalue weighted by atomic mass is 9.87. The predicted molar refractivity (Wildman–Crippen MR) is 203 cm³/mol. The Labute approximate surface area is 280 Å². The van der Waals surface area contributed by atoms with Crippen molar-refractivity contribution in [1.82, 2.24) is 4.57 Å². The monoisotopic (exact) mass is 617 g/mol. The van der Waals surface area contributed by atoms with E-state index in [0.717, 1.165) is 40.5 Å². The van der Waals surface area contributed by atoms with Crippen molar-refractivity contribution in [3.05, 3.63) is 163 Å². The molecule has 2 heteroatoms. The molecule has 0 spiro atoms. The van der Waals surface area contributed by atoms with Crippen LogP contribution in [0.25, 0.3) is 82.8 Å². The first-order valence-electron chi connectivity index (χ1n) is 16.9. The number of rotatable bonds is 6. The van der Waals surface area contributed by atoms with Crippen LogP contribution in [-0.4, -0.2) is 4.57 Å². The van der Waals surface area contributed by atoms with E-state index in [9.17, 15) is 0 Å². The molecule has 2 aromatic heterocycles. The first-order chi connectivity index (χ1) is 23.7. The third-order valence-corrected chi connectivity index (χ3v) is 9.89. The summed E-state index contributed by atoms with van der Waals surface area (Å²) < 4.78 is 9.24. The number of benzene rings is 7. The van der Waals surface area contributed by atoms with Gasteiger partial charge in [0, 0.05) is 21.5 Å². The minimum absolute atomic E-state index is 0.913. The molecule has 0 atom stereocenters. The molecule has 0 fully saturated rings. The van der Waals surface area contributed by atoms with Gasteiger partial charge in [-0.1, -0.05) is 129 Å². The van der Waals surface area contributed by atoms with Crippen molar-refractivity contribution in [1.29, 1.82) is 0 Å². The van der Waals surface area contributed by atoms with Crippen molar-refractivity contribution >= 4 is 43.7 Å². The van der Waals surface area contributed by atoms with Gasteiger partial charge in [0.2, 0.25) is 0 Å². The van der Waals surface area contributed by atoms with Crippen LogP contribution in [0.5, 0.6) is 0 Å². The van der Waals surface area contributed by atoms with E-state index in [1.807, 2.05) is 0 Å². The molecule has 0 unspecified atom stereocenters. The second kappa shape index (κ2) is 11.4. The Morgan fingerprint density at radius 3 is 1.90 bits per heavy atom. The number of hydrogen-bond donors (Lipinski definition) is 0. The molecule has 230 valence electrons. The standard InChI is InChI=1S/C46H35NO/c1-3-14-35-34(33-18-11-17-32(28-33)31-15-5-4-6-16-31)21-12-22-36(35)40-29-45-41(27-30(40)2)39-23-13-26-44(46(39)48-45)47-42-24-9-7-19-37(42)38-20-8-10-25-43(38)47/h4-13,15-29H,3,14H2,1-2H3. The molecule has 0 N–H and O–H groups in total. The summed E-state index contributed by atoms with van der Waals surface area (Å²) in [6.45, 7) is 4.51. The molecule has 0 radical (unpaired) electrons. The Balaban J connectivity index is 1.23. The van der Waals surface area contributed by atoms with Crippen LogP contribution in [0.4, 0.5) is 0 Å². The maximum absolute atomic E-state index is 6.88. The van der Waals surface area contributed by atoms with Crippen LogP contribution in [0.15, 0.2) is 156 Å². The number of aryl methyl sites for hydroxylation is 1. The molecule has 48 heavy (non-hydrogen) atoms. The van der Waals surface area contributed by atoms with Crippen LogP contribution in [0.2, 0.25) is 0 Å². The summed E-state index contributed by atoms with van der Waals surface area (Å²) in [6, 6.07) is 54.8. The number of nitrogens with zero attached hydrogens (tertiary/aromatic N) is 1. The topological polar surface area (TPSA) is 18.1 Å². The zero-order valence-corrected chi connectivity index (χ0v) is 27.2. The van der Waals surface area contributed by atoms with E-state index in [4.69, 9.17) is 4.42 Å². The van der Waals surface area contributed by atoms with E-state index in [-0.39, 0.29) is 0 Å². The summed E-state index contributed by atoms with van der Waals surface area (Å²) in [4.78, 5) is 0. The predicted octanol–water partition coefficient (Wildman–Crippen LogP) is 12.9. The van der Waals surface area contributed by atoms with Crippen LogP contribution < -0.4 is 0 Å². The minimum Gasteiger partial charge on any atom is -0.454 e. The van der Waals surface area contributed by atoms with Gasteiger partial charge in [0.1, 0.15) is 5.58 Å². The molecule has 9 rings (SSSR count). The highest BCUT2D eigenvalue weighted by atomic mass is 16.3. The van der Waals surface area contributed by atoms with E-state index in [0.29, 0.717) is 0 Å². The Kier molecular flexibility index (Phi) is 6.76. The molecule has 0 amide bonds. The number of fused-ring (bicyclic) bond motifs is 6. The fraction of sp³-hybridized carbons (Fsp3) is 0.0870. The zero-order chi connectivity index (χ0) is 32.2. The van der Waals surface area contributed by atoms with E-state index < -0.39 is 0 Å². The highest BCUT2D eigenvalue weighted by molar-refractivity contribution is 6.13. The average Bonchev–Trinajstić information content (AvgIpc) is 3.67. The molecule has 2 nitrogen and oxygen atoms in total. The lowest BCUT2D eigenvalue weighted by Gasteiger charge is -2.17. The van der Waals surface area contributed by atoms with Gasteiger partial charge in [0.15, 0.2) is 5.58 Å².